The molecule has 0 aliphatic carbocycles. The van der Waals surface area contributed by atoms with E-state index in [1.807, 2.05) is 103 Å². The third-order valence-corrected chi connectivity index (χ3v) is 8.11. The number of ether oxygens (including phenoxy) is 1. The van der Waals surface area contributed by atoms with Crippen molar-refractivity contribution in [2.45, 2.75) is 0 Å². The quantitative estimate of drug-likeness (QED) is 0.175. The standard InChI is InChI=1S/C21H18O2.C20H14O2.V/c1-4-14-11-13-19(23-3)21(16(14)5-2)20-17-9-7-6-8-15(17)10-12-18(20)22;21-17-11-9-13-5-1-3-7-15(13)19(17)20-16-8-4-2-6-14(16)10-12-18(20)22;/h4-13,22H,1-2H2,3H3;1-12,21-22H;. The molecule has 0 bridgehead atoms. The van der Waals surface area contributed by atoms with Crippen LogP contribution in [0.3, 0.4) is 0 Å². The second kappa shape index (κ2) is 13.7. The molecule has 46 heavy (non-hydrogen) atoms. The van der Waals surface area contributed by atoms with Crippen LogP contribution >= 0.6 is 0 Å². The first-order chi connectivity index (χ1) is 22.0. The summed E-state index contributed by atoms with van der Waals surface area (Å²) in [6, 6.07) is 38.3. The molecule has 7 aromatic rings. The van der Waals surface area contributed by atoms with Crippen molar-refractivity contribution in [3.63, 3.8) is 0 Å². The van der Waals surface area contributed by atoms with Gasteiger partial charge in [-0.25, -0.2) is 0 Å². The van der Waals surface area contributed by atoms with E-state index in [9.17, 15) is 15.3 Å². The Kier molecular flexibility index (Phi) is 9.53. The summed E-state index contributed by atoms with van der Waals surface area (Å²) in [5.41, 5.74) is 4.77. The van der Waals surface area contributed by atoms with Gasteiger partial charge in [-0.2, -0.15) is 0 Å². The Hall–Kier alpha value is -5.42. The van der Waals surface area contributed by atoms with Gasteiger partial charge in [-0.1, -0.05) is 122 Å². The molecule has 0 unspecified atom stereocenters. The number of hydrogen-bond acceptors (Lipinski definition) is 4. The molecule has 0 fully saturated rings. The fraction of sp³-hybridized carbons (Fsp3) is 0.0244. The van der Waals surface area contributed by atoms with Gasteiger partial charge >= 0.3 is 0 Å². The molecule has 7 rings (SSSR count). The molecule has 7 aromatic carbocycles. The van der Waals surface area contributed by atoms with Gasteiger partial charge in [0.15, 0.2) is 0 Å². The molecule has 5 heteroatoms. The van der Waals surface area contributed by atoms with Gasteiger partial charge in [0.1, 0.15) is 23.0 Å². The minimum Gasteiger partial charge on any atom is -0.507 e. The average Bonchev–Trinajstić information content (AvgIpc) is 3.08. The van der Waals surface area contributed by atoms with Crippen LogP contribution in [0.5, 0.6) is 23.0 Å². The van der Waals surface area contributed by atoms with Crippen LogP contribution in [0.1, 0.15) is 11.1 Å². The molecule has 1 radical (unpaired) electrons. The maximum atomic E-state index is 10.5. The molecule has 0 heterocycles. The second-order valence-electron chi connectivity index (χ2n) is 10.6. The van der Waals surface area contributed by atoms with Crippen LogP contribution in [0.4, 0.5) is 0 Å². The molecular formula is C41H32O4V. The number of fused-ring (bicyclic) bond motifs is 3. The Balaban J connectivity index is 0.000000177. The van der Waals surface area contributed by atoms with E-state index >= 15 is 0 Å². The monoisotopic (exact) mass is 639 g/mol. The molecular weight excluding hydrogens is 607 g/mol. The van der Waals surface area contributed by atoms with Gasteiger partial charge in [0.05, 0.1) is 7.11 Å². The number of rotatable bonds is 5. The number of benzene rings is 7. The Morgan fingerprint density at radius 3 is 1.24 bits per heavy atom. The van der Waals surface area contributed by atoms with Crippen LogP contribution < -0.4 is 4.74 Å². The summed E-state index contributed by atoms with van der Waals surface area (Å²) in [6.07, 6.45) is 3.55. The normalized spacial score (nSPS) is 10.5. The summed E-state index contributed by atoms with van der Waals surface area (Å²) >= 11 is 0. The largest absolute Gasteiger partial charge is 0.507 e. The smallest absolute Gasteiger partial charge is 0.127 e. The fourth-order valence-corrected chi connectivity index (χ4v) is 6.01. The van der Waals surface area contributed by atoms with E-state index in [0.29, 0.717) is 16.9 Å². The molecule has 3 N–H and O–H groups in total. The molecule has 0 spiro atoms. The van der Waals surface area contributed by atoms with E-state index in [0.717, 1.165) is 54.6 Å². The number of methoxy groups -OCH3 is 1. The second-order valence-corrected chi connectivity index (χ2v) is 10.6. The topological polar surface area (TPSA) is 69.9 Å². The molecule has 0 saturated heterocycles. The first-order valence-electron chi connectivity index (χ1n) is 14.6. The average molecular weight is 640 g/mol. The van der Waals surface area contributed by atoms with Crippen LogP contribution in [-0.4, -0.2) is 22.4 Å². The van der Waals surface area contributed by atoms with Crippen molar-refractivity contribution in [2.75, 3.05) is 7.11 Å². The minimum atomic E-state index is 0. The van der Waals surface area contributed by atoms with E-state index in [2.05, 4.69) is 13.2 Å². The summed E-state index contributed by atoms with van der Waals surface area (Å²) < 4.78 is 5.55. The van der Waals surface area contributed by atoms with E-state index < -0.39 is 0 Å². The summed E-state index contributed by atoms with van der Waals surface area (Å²) in [7, 11) is 1.63. The molecule has 0 amide bonds. The van der Waals surface area contributed by atoms with Gasteiger partial charge < -0.3 is 20.1 Å². The summed E-state index contributed by atoms with van der Waals surface area (Å²) in [5.74, 6) is 1.25. The van der Waals surface area contributed by atoms with Crippen LogP contribution in [0.25, 0.3) is 66.7 Å². The van der Waals surface area contributed by atoms with Crippen LogP contribution in [-0.2, 0) is 18.6 Å². The maximum Gasteiger partial charge on any atom is 0.127 e. The van der Waals surface area contributed by atoms with E-state index in [4.69, 9.17) is 4.74 Å². The summed E-state index contributed by atoms with van der Waals surface area (Å²) in [4.78, 5) is 0. The molecule has 0 saturated carbocycles. The number of hydrogen-bond donors (Lipinski definition) is 3. The Labute approximate surface area is 280 Å². The predicted molar refractivity (Wildman–Crippen MR) is 188 cm³/mol. The summed E-state index contributed by atoms with van der Waals surface area (Å²) in [6.45, 7) is 7.79. The molecule has 0 aliphatic rings. The summed E-state index contributed by atoms with van der Waals surface area (Å²) in [5, 5.41) is 37.4. The van der Waals surface area contributed by atoms with E-state index in [1.165, 1.54) is 0 Å². The van der Waals surface area contributed by atoms with Gasteiger partial charge in [-0.15, -0.1) is 0 Å². The fourth-order valence-electron chi connectivity index (χ4n) is 6.01. The van der Waals surface area contributed by atoms with Crippen molar-refractivity contribution < 1.29 is 38.6 Å². The van der Waals surface area contributed by atoms with E-state index in [-0.39, 0.29) is 35.8 Å². The third kappa shape index (κ3) is 5.72. The molecule has 0 aromatic heterocycles. The van der Waals surface area contributed by atoms with Crippen molar-refractivity contribution in [3.05, 3.63) is 146 Å². The maximum absolute atomic E-state index is 10.5. The molecule has 4 nitrogen and oxygen atoms in total. The third-order valence-electron chi connectivity index (χ3n) is 8.11. The van der Waals surface area contributed by atoms with Gasteiger partial charge in [-0.05, 0) is 67.7 Å². The van der Waals surface area contributed by atoms with E-state index in [1.54, 1.807) is 37.5 Å². The van der Waals surface area contributed by atoms with Crippen molar-refractivity contribution >= 4 is 44.5 Å². The molecule has 0 aliphatic heterocycles. The zero-order valence-corrected chi connectivity index (χ0v) is 26.7. The zero-order valence-electron chi connectivity index (χ0n) is 25.3. The Bertz CT molecular complexity index is 2150. The van der Waals surface area contributed by atoms with Crippen LogP contribution in [0.15, 0.2) is 134 Å². The number of phenolic OH excluding ortho intramolecular Hbond substituents is 3. The Morgan fingerprint density at radius 2 is 0.870 bits per heavy atom. The van der Waals surface area contributed by atoms with Crippen LogP contribution in [0.2, 0.25) is 0 Å². The van der Waals surface area contributed by atoms with Gasteiger partial charge in [0.25, 0.3) is 0 Å². The minimum absolute atomic E-state index is 0. The van der Waals surface area contributed by atoms with Gasteiger partial charge in [0, 0.05) is 40.8 Å². The first-order valence-corrected chi connectivity index (χ1v) is 14.6. The number of aromatic hydroxyl groups is 3. The van der Waals surface area contributed by atoms with Crippen LogP contribution in [0, 0.1) is 0 Å². The number of phenols is 3. The SMILES string of the molecule is C=Cc1ccc(OC)c(-c2c(O)ccc3ccccc23)c1C=C.Oc1ccc2ccccc2c1-c1c(O)ccc2ccccc12.[V]. The Morgan fingerprint density at radius 1 is 0.478 bits per heavy atom. The zero-order chi connectivity index (χ0) is 31.5. The molecule has 225 valence electrons. The van der Waals surface area contributed by atoms with Crippen molar-refractivity contribution in [2.24, 2.45) is 0 Å². The first kappa shape index (κ1) is 32.0. The molecule has 0 atom stereocenters. The van der Waals surface area contributed by atoms with Gasteiger partial charge in [-0.3, -0.25) is 0 Å². The van der Waals surface area contributed by atoms with Crippen molar-refractivity contribution in [1.82, 2.24) is 0 Å². The van der Waals surface area contributed by atoms with Crippen molar-refractivity contribution in [3.8, 4) is 45.3 Å². The van der Waals surface area contributed by atoms with Crippen molar-refractivity contribution in [1.29, 1.82) is 0 Å². The van der Waals surface area contributed by atoms with Gasteiger partial charge in [0.2, 0.25) is 0 Å². The predicted octanol–water partition coefficient (Wildman–Crippen LogP) is 10.6.